The Morgan fingerprint density at radius 2 is 2.30 bits per heavy atom. The second kappa shape index (κ2) is 5.25. The highest BCUT2D eigenvalue weighted by Gasteiger charge is 2.21. The fraction of sp³-hybridized carbons (Fsp3) is 0.467. The van der Waals surface area contributed by atoms with Crippen molar-refractivity contribution in [2.24, 2.45) is 5.92 Å². The molecule has 0 unspecified atom stereocenters. The Balaban J connectivity index is 1.83. The van der Waals surface area contributed by atoms with Gasteiger partial charge < -0.3 is 14.4 Å². The number of hydrogen-bond donors (Lipinski definition) is 1. The molecule has 5 heteroatoms. The third kappa shape index (κ3) is 2.54. The first-order valence-corrected chi connectivity index (χ1v) is 6.93. The lowest BCUT2D eigenvalue weighted by Gasteiger charge is -2.09. The van der Waals surface area contributed by atoms with Crippen molar-refractivity contribution in [2.75, 3.05) is 13.2 Å². The Bertz CT molecular complexity index is 644. The smallest absolute Gasteiger partial charge is 0.337 e. The van der Waals surface area contributed by atoms with Gasteiger partial charge in [-0.2, -0.15) is 0 Å². The molecule has 0 amide bonds. The van der Waals surface area contributed by atoms with Gasteiger partial charge in [0, 0.05) is 13.2 Å². The SMILES string of the molecule is Cc1nc2cccc(C(=O)O)c2n1CCOCC1CC1. The van der Waals surface area contributed by atoms with E-state index in [1.807, 2.05) is 17.6 Å². The number of fused-ring (bicyclic) bond motifs is 1. The van der Waals surface area contributed by atoms with Gasteiger partial charge in [-0.1, -0.05) is 6.07 Å². The molecule has 1 fully saturated rings. The van der Waals surface area contributed by atoms with E-state index in [1.54, 1.807) is 12.1 Å². The number of imidazole rings is 1. The van der Waals surface area contributed by atoms with Crippen LogP contribution in [0.4, 0.5) is 0 Å². The van der Waals surface area contributed by atoms with Gasteiger partial charge in [-0.05, 0) is 37.8 Å². The summed E-state index contributed by atoms with van der Waals surface area (Å²) in [7, 11) is 0. The molecule has 5 nitrogen and oxygen atoms in total. The van der Waals surface area contributed by atoms with Crippen LogP contribution in [-0.4, -0.2) is 33.8 Å². The highest BCUT2D eigenvalue weighted by Crippen LogP contribution is 2.28. The first kappa shape index (κ1) is 13.1. The van der Waals surface area contributed by atoms with Crippen molar-refractivity contribution in [3.63, 3.8) is 0 Å². The summed E-state index contributed by atoms with van der Waals surface area (Å²) in [5.41, 5.74) is 1.71. The summed E-state index contributed by atoms with van der Waals surface area (Å²) in [6, 6.07) is 5.19. The maximum atomic E-state index is 11.3. The molecule has 1 heterocycles. The van der Waals surface area contributed by atoms with E-state index in [4.69, 9.17) is 4.74 Å². The maximum absolute atomic E-state index is 11.3. The molecule has 20 heavy (non-hydrogen) atoms. The predicted molar refractivity (Wildman–Crippen MR) is 75.0 cm³/mol. The number of aromatic nitrogens is 2. The third-order valence-electron chi connectivity index (χ3n) is 3.70. The van der Waals surface area contributed by atoms with Gasteiger partial charge in [0.1, 0.15) is 5.82 Å². The number of ether oxygens (including phenoxy) is 1. The summed E-state index contributed by atoms with van der Waals surface area (Å²) in [4.78, 5) is 15.8. The normalized spacial score (nSPS) is 14.8. The summed E-state index contributed by atoms with van der Waals surface area (Å²) in [5, 5.41) is 9.30. The lowest BCUT2D eigenvalue weighted by molar-refractivity contribution is 0.0698. The first-order chi connectivity index (χ1) is 9.66. The van der Waals surface area contributed by atoms with E-state index in [2.05, 4.69) is 4.98 Å². The number of aromatic carboxylic acids is 1. The molecule has 1 aliphatic rings. The molecule has 1 saturated carbocycles. The van der Waals surface area contributed by atoms with Crippen molar-refractivity contribution in [1.29, 1.82) is 0 Å². The van der Waals surface area contributed by atoms with Gasteiger partial charge in [0.25, 0.3) is 0 Å². The van der Waals surface area contributed by atoms with Crippen molar-refractivity contribution in [2.45, 2.75) is 26.3 Å². The topological polar surface area (TPSA) is 64.3 Å². The van der Waals surface area contributed by atoms with Gasteiger partial charge in [-0.15, -0.1) is 0 Å². The van der Waals surface area contributed by atoms with Gasteiger partial charge in [0.05, 0.1) is 23.2 Å². The van der Waals surface area contributed by atoms with Crippen molar-refractivity contribution in [3.8, 4) is 0 Å². The van der Waals surface area contributed by atoms with Gasteiger partial charge in [-0.25, -0.2) is 9.78 Å². The molecule has 0 aliphatic heterocycles. The third-order valence-corrected chi connectivity index (χ3v) is 3.70. The van der Waals surface area contributed by atoms with Crippen LogP contribution < -0.4 is 0 Å². The molecule has 1 N–H and O–H groups in total. The first-order valence-electron chi connectivity index (χ1n) is 6.93. The van der Waals surface area contributed by atoms with E-state index in [0.29, 0.717) is 24.2 Å². The monoisotopic (exact) mass is 274 g/mol. The number of carboxylic acid groups (broad SMARTS) is 1. The number of hydrogen-bond acceptors (Lipinski definition) is 3. The zero-order valence-corrected chi connectivity index (χ0v) is 11.5. The average Bonchev–Trinajstić information content (AvgIpc) is 3.18. The highest BCUT2D eigenvalue weighted by molar-refractivity contribution is 6.01. The van der Waals surface area contributed by atoms with E-state index in [-0.39, 0.29) is 0 Å². The molecule has 1 aromatic heterocycles. The number of carbonyl (C=O) groups is 1. The van der Waals surface area contributed by atoms with E-state index in [0.717, 1.165) is 23.9 Å². The summed E-state index contributed by atoms with van der Waals surface area (Å²) in [6.45, 7) is 3.94. The Labute approximate surface area is 117 Å². The molecule has 0 bridgehead atoms. The molecule has 0 atom stereocenters. The minimum absolute atomic E-state index is 0.297. The summed E-state index contributed by atoms with van der Waals surface area (Å²) in [6.07, 6.45) is 2.55. The number of benzene rings is 1. The second-order valence-electron chi connectivity index (χ2n) is 5.31. The summed E-state index contributed by atoms with van der Waals surface area (Å²) >= 11 is 0. The largest absolute Gasteiger partial charge is 0.478 e. The van der Waals surface area contributed by atoms with Crippen LogP contribution in [0.25, 0.3) is 11.0 Å². The summed E-state index contributed by atoms with van der Waals surface area (Å²) in [5.74, 6) is 0.643. The van der Waals surface area contributed by atoms with Crippen molar-refractivity contribution < 1.29 is 14.6 Å². The number of rotatable bonds is 6. The molecule has 0 saturated heterocycles. The maximum Gasteiger partial charge on any atom is 0.337 e. The summed E-state index contributed by atoms with van der Waals surface area (Å²) < 4.78 is 7.58. The molecule has 1 aliphatic carbocycles. The fourth-order valence-corrected chi connectivity index (χ4v) is 2.44. The van der Waals surface area contributed by atoms with Crippen LogP contribution in [0.3, 0.4) is 0 Å². The van der Waals surface area contributed by atoms with Crippen LogP contribution in [0.2, 0.25) is 0 Å². The molecule has 0 radical (unpaired) electrons. The Morgan fingerprint density at radius 3 is 3.00 bits per heavy atom. The second-order valence-corrected chi connectivity index (χ2v) is 5.31. The lowest BCUT2D eigenvalue weighted by atomic mass is 10.2. The van der Waals surface area contributed by atoms with Gasteiger partial charge in [-0.3, -0.25) is 0 Å². The minimum Gasteiger partial charge on any atom is -0.478 e. The molecule has 3 rings (SSSR count). The fourth-order valence-electron chi connectivity index (χ4n) is 2.44. The van der Waals surface area contributed by atoms with Gasteiger partial charge in [0.2, 0.25) is 0 Å². The van der Waals surface area contributed by atoms with Crippen LogP contribution in [0.5, 0.6) is 0 Å². The van der Waals surface area contributed by atoms with E-state index < -0.39 is 5.97 Å². The van der Waals surface area contributed by atoms with Crippen molar-refractivity contribution >= 4 is 17.0 Å². The highest BCUT2D eigenvalue weighted by atomic mass is 16.5. The van der Waals surface area contributed by atoms with Crippen molar-refractivity contribution in [3.05, 3.63) is 29.6 Å². The lowest BCUT2D eigenvalue weighted by Crippen LogP contribution is -2.10. The standard InChI is InChI=1S/C15H18N2O3/c1-10-16-13-4-2-3-12(15(18)19)14(13)17(10)7-8-20-9-11-5-6-11/h2-4,11H,5-9H2,1H3,(H,18,19). The van der Waals surface area contributed by atoms with Crippen LogP contribution >= 0.6 is 0 Å². The predicted octanol–water partition coefficient (Wildman–Crippen LogP) is 2.47. The quantitative estimate of drug-likeness (QED) is 0.822. The molecule has 0 spiro atoms. The number of aryl methyl sites for hydroxylation is 1. The Morgan fingerprint density at radius 1 is 1.50 bits per heavy atom. The van der Waals surface area contributed by atoms with Gasteiger partial charge >= 0.3 is 5.97 Å². The van der Waals surface area contributed by atoms with Crippen LogP contribution in [-0.2, 0) is 11.3 Å². The minimum atomic E-state index is -0.921. The average molecular weight is 274 g/mol. The van der Waals surface area contributed by atoms with Crippen LogP contribution in [0.1, 0.15) is 29.0 Å². The molecule has 2 aromatic rings. The molecule has 1 aromatic carbocycles. The van der Waals surface area contributed by atoms with Crippen LogP contribution in [0, 0.1) is 12.8 Å². The van der Waals surface area contributed by atoms with Gasteiger partial charge in [0.15, 0.2) is 0 Å². The number of para-hydroxylation sites is 1. The molecular formula is C15H18N2O3. The number of carboxylic acids is 1. The Hall–Kier alpha value is -1.88. The van der Waals surface area contributed by atoms with E-state index in [1.165, 1.54) is 12.8 Å². The molecule has 106 valence electrons. The number of nitrogens with zero attached hydrogens (tertiary/aromatic N) is 2. The zero-order chi connectivity index (χ0) is 14.1. The van der Waals surface area contributed by atoms with Crippen molar-refractivity contribution in [1.82, 2.24) is 9.55 Å². The molecular weight excluding hydrogens is 256 g/mol. The van der Waals surface area contributed by atoms with E-state index >= 15 is 0 Å². The Kier molecular flexibility index (Phi) is 3.44. The zero-order valence-electron chi connectivity index (χ0n) is 11.5. The van der Waals surface area contributed by atoms with Crippen LogP contribution in [0.15, 0.2) is 18.2 Å². The van der Waals surface area contributed by atoms with E-state index in [9.17, 15) is 9.90 Å².